The summed E-state index contributed by atoms with van der Waals surface area (Å²) in [7, 11) is 0. The molecule has 0 heterocycles. The molecule has 4 heteroatoms. The molecule has 0 bridgehead atoms. The maximum absolute atomic E-state index is 12.9. The average Bonchev–Trinajstić information content (AvgIpc) is 2.62. The molecule has 124 valence electrons. The number of halogens is 3. The van der Waals surface area contributed by atoms with E-state index in [-0.39, 0.29) is 0 Å². The molecule has 0 amide bonds. The van der Waals surface area contributed by atoms with Gasteiger partial charge in [-0.3, -0.25) is 0 Å². The minimum atomic E-state index is -4.36. The fraction of sp³-hybridized carbons (Fsp3) is 0.0952. The molecule has 0 aliphatic rings. The molecule has 3 aromatic rings. The monoisotopic (exact) mass is 337 g/mol. The Morgan fingerprint density at radius 2 is 1.48 bits per heavy atom. The first-order chi connectivity index (χ1) is 12.0. The quantitative estimate of drug-likeness (QED) is 0.589. The van der Waals surface area contributed by atoms with Crippen LogP contribution in [0.2, 0.25) is 0 Å². The molecule has 0 aliphatic heterocycles. The molecule has 0 aliphatic carbocycles. The smallest absolute Gasteiger partial charge is 0.192 e. The van der Waals surface area contributed by atoms with Gasteiger partial charge >= 0.3 is 6.18 Å². The number of nitrogens with zero attached hydrogens (tertiary/aromatic N) is 1. The number of alkyl halides is 3. The van der Waals surface area contributed by atoms with Crippen LogP contribution in [0.15, 0.2) is 72.8 Å². The summed E-state index contributed by atoms with van der Waals surface area (Å²) in [5.74, 6) is 0. The predicted molar refractivity (Wildman–Crippen MR) is 90.8 cm³/mol. The van der Waals surface area contributed by atoms with Crippen LogP contribution in [0.4, 0.5) is 13.2 Å². The van der Waals surface area contributed by atoms with Crippen molar-refractivity contribution in [3.05, 3.63) is 95.1 Å². The molecular weight excluding hydrogens is 323 g/mol. The van der Waals surface area contributed by atoms with Gasteiger partial charge in [-0.25, -0.2) is 0 Å². The maximum atomic E-state index is 12.9. The second kappa shape index (κ2) is 6.82. The van der Waals surface area contributed by atoms with Gasteiger partial charge in [0.25, 0.3) is 0 Å². The van der Waals surface area contributed by atoms with E-state index in [0.717, 1.165) is 28.8 Å². The highest BCUT2D eigenvalue weighted by atomic mass is 19.4. The first-order valence-electron chi connectivity index (χ1n) is 7.72. The van der Waals surface area contributed by atoms with Gasteiger partial charge in [0.05, 0.1) is 17.2 Å². The molecule has 0 aromatic heterocycles. The third kappa shape index (κ3) is 3.89. The van der Waals surface area contributed by atoms with Crippen molar-refractivity contribution in [2.24, 2.45) is 0 Å². The normalized spacial score (nSPS) is 11.1. The zero-order valence-corrected chi connectivity index (χ0v) is 13.2. The molecule has 25 heavy (non-hydrogen) atoms. The van der Waals surface area contributed by atoms with Crippen molar-refractivity contribution < 1.29 is 13.2 Å². The van der Waals surface area contributed by atoms with E-state index in [0.29, 0.717) is 17.5 Å². The Morgan fingerprint density at radius 1 is 0.800 bits per heavy atom. The summed E-state index contributed by atoms with van der Waals surface area (Å²) in [6, 6.07) is 22.2. The lowest BCUT2D eigenvalue weighted by Gasteiger charge is -2.10. The Labute approximate surface area is 144 Å². The molecule has 0 fully saturated rings. The maximum Gasteiger partial charge on any atom is 0.416 e. The van der Waals surface area contributed by atoms with Crippen LogP contribution >= 0.6 is 0 Å². The van der Waals surface area contributed by atoms with Crippen molar-refractivity contribution in [3.8, 4) is 17.2 Å². The van der Waals surface area contributed by atoms with Gasteiger partial charge in [0.2, 0.25) is 0 Å². The average molecular weight is 337 g/mol. The zero-order valence-electron chi connectivity index (χ0n) is 13.2. The molecule has 0 N–H and O–H groups in total. The van der Waals surface area contributed by atoms with Crippen LogP contribution in [0.5, 0.6) is 0 Å². The Kier molecular flexibility index (Phi) is 4.58. The second-order valence-electron chi connectivity index (χ2n) is 5.72. The van der Waals surface area contributed by atoms with E-state index in [4.69, 9.17) is 0 Å². The largest absolute Gasteiger partial charge is 0.416 e. The van der Waals surface area contributed by atoms with E-state index < -0.39 is 11.7 Å². The van der Waals surface area contributed by atoms with E-state index in [1.165, 1.54) is 6.07 Å². The van der Waals surface area contributed by atoms with Crippen LogP contribution in [0.25, 0.3) is 11.1 Å². The fourth-order valence-electron chi connectivity index (χ4n) is 2.74. The van der Waals surface area contributed by atoms with Gasteiger partial charge in [0, 0.05) is 0 Å². The summed E-state index contributed by atoms with van der Waals surface area (Å²) in [5.41, 5.74) is 3.02. The molecular formula is C21H14F3N. The highest BCUT2D eigenvalue weighted by Gasteiger charge is 2.30. The van der Waals surface area contributed by atoms with E-state index in [1.807, 2.05) is 30.3 Å². The Bertz CT molecular complexity index is 936. The highest BCUT2D eigenvalue weighted by Crippen LogP contribution is 2.32. The third-order valence-corrected chi connectivity index (χ3v) is 3.98. The fourth-order valence-corrected chi connectivity index (χ4v) is 2.74. The Morgan fingerprint density at radius 3 is 2.20 bits per heavy atom. The van der Waals surface area contributed by atoms with Gasteiger partial charge < -0.3 is 0 Å². The lowest BCUT2D eigenvalue weighted by atomic mass is 9.96. The SMILES string of the molecule is N#Cc1ccccc1Cc1cccc(-c2cccc(C(F)(F)F)c2)c1. The summed E-state index contributed by atoms with van der Waals surface area (Å²) in [6.07, 6.45) is -3.81. The summed E-state index contributed by atoms with van der Waals surface area (Å²) in [5, 5.41) is 9.18. The Balaban J connectivity index is 1.94. The topological polar surface area (TPSA) is 23.8 Å². The summed E-state index contributed by atoms with van der Waals surface area (Å²) >= 11 is 0. The van der Waals surface area contributed by atoms with Crippen LogP contribution in [-0.4, -0.2) is 0 Å². The van der Waals surface area contributed by atoms with Crippen molar-refractivity contribution in [1.82, 2.24) is 0 Å². The van der Waals surface area contributed by atoms with Gasteiger partial charge in [-0.2, -0.15) is 18.4 Å². The predicted octanol–water partition coefficient (Wildman–Crippen LogP) is 5.83. The number of benzene rings is 3. The highest BCUT2D eigenvalue weighted by molar-refractivity contribution is 5.65. The third-order valence-electron chi connectivity index (χ3n) is 3.98. The molecule has 3 rings (SSSR count). The molecule has 0 saturated heterocycles. The first kappa shape index (κ1) is 16.8. The number of hydrogen-bond acceptors (Lipinski definition) is 1. The van der Waals surface area contributed by atoms with Gasteiger partial charge in [-0.15, -0.1) is 0 Å². The van der Waals surface area contributed by atoms with Crippen molar-refractivity contribution >= 4 is 0 Å². The van der Waals surface area contributed by atoms with Crippen molar-refractivity contribution in [2.45, 2.75) is 12.6 Å². The van der Waals surface area contributed by atoms with Gasteiger partial charge in [-0.1, -0.05) is 54.6 Å². The van der Waals surface area contributed by atoms with E-state index in [9.17, 15) is 18.4 Å². The van der Waals surface area contributed by atoms with E-state index in [1.54, 1.807) is 24.3 Å². The van der Waals surface area contributed by atoms with Crippen molar-refractivity contribution in [2.75, 3.05) is 0 Å². The minimum Gasteiger partial charge on any atom is -0.192 e. The Hall–Kier alpha value is -3.06. The molecule has 1 nitrogen and oxygen atoms in total. The van der Waals surface area contributed by atoms with Crippen molar-refractivity contribution in [3.63, 3.8) is 0 Å². The summed E-state index contributed by atoms with van der Waals surface area (Å²) in [4.78, 5) is 0. The number of nitriles is 1. The molecule has 3 aromatic carbocycles. The summed E-state index contributed by atoms with van der Waals surface area (Å²) < 4.78 is 38.7. The first-order valence-corrected chi connectivity index (χ1v) is 7.72. The van der Waals surface area contributed by atoms with Crippen LogP contribution in [0.3, 0.4) is 0 Å². The van der Waals surface area contributed by atoms with Crippen LogP contribution < -0.4 is 0 Å². The van der Waals surface area contributed by atoms with Gasteiger partial charge in [0.15, 0.2) is 0 Å². The van der Waals surface area contributed by atoms with Crippen LogP contribution in [0, 0.1) is 11.3 Å². The van der Waals surface area contributed by atoms with Crippen LogP contribution in [0.1, 0.15) is 22.3 Å². The molecule has 0 atom stereocenters. The molecule has 0 radical (unpaired) electrons. The number of rotatable bonds is 3. The van der Waals surface area contributed by atoms with Gasteiger partial charge in [0.1, 0.15) is 0 Å². The molecule has 0 saturated carbocycles. The minimum absolute atomic E-state index is 0.519. The second-order valence-corrected chi connectivity index (χ2v) is 5.72. The van der Waals surface area contributed by atoms with Crippen molar-refractivity contribution in [1.29, 1.82) is 5.26 Å². The van der Waals surface area contributed by atoms with Crippen LogP contribution in [-0.2, 0) is 12.6 Å². The van der Waals surface area contributed by atoms with E-state index >= 15 is 0 Å². The van der Waals surface area contributed by atoms with Gasteiger partial charge in [-0.05, 0) is 46.9 Å². The zero-order chi connectivity index (χ0) is 17.9. The number of hydrogen-bond donors (Lipinski definition) is 0. The summed E-state index contributed by atoms with van der Waals surface area (Å²) in [6.45, 7) is 0. The lowest BCUT2D eigenvalue weighted by Crippen LogP contribution is -2.04. The van der Waals surface area contributed by atoms with E-state index in [2.05, 4.69) is 6.07 Å². The molecule has 0 unspecified atom stereocenters. The lowest BCUT2D eigenvalue weighted by molar-refractivity contribution is -0.137. The standard InChI is InChI=1S/C21H14F3N/c22-21(23,24)20-10-4-9-18(13-20)16-8-3-5-15(11-16)12-17-6-1-2-7-19(17)14-25/h1-11,13H,12H2. The molecule has 0 spiro atoms.